The Bertz CT molecular complexity index is 915. The van der Waals surface area contributed by atoms with Crippen molar-refractivity contribution in [2.45, 2.75) is 46.5 Å². The molecule has 2 amide bonds. The first-order valence-corrected chi connectivity index (χ1v) is 10.9. The van der Waals surface area contributed by atoms with E-state index in [1.807, 2.05) is 32.9 Å². The Morgan fingerprint density at radius 3 is 1.87 bits per heavy atom. The number of rotatable bonds is 8. The molecule has 0 atom stereocenters. The number of hydrogen-bond acceptors (Lipinski definition) is 5. The zero-order chi connectivity index (χ0) is 22.2. The van der Waals surface area contributed by atoms with Gasteiger partial charge >= 0.3 is 0 Å². The van der Waals surface area contributed by atoms with Crippen LogP contribution in [-0.4, -0.2) is 31.6 Å². The average Bonchev–Trinajstić information content (AvgIpc) is 2.79. The third kappa shape index (κ3) is 5.48. The first-order chi connectivity index (χ1) is 15.1. The van der Waals surface area contributed by atoms with Crippen molar-refractivity contribution in [2.75, 3.05) is 19.8 Å². The highest BCUT2D eigenvalue weighted by Crippen LogP contribution is 2.39. The predicted octanol–water partition coefficient (Wildman–Crippen LogP) is 3.84. The molecule has 2 N–H and O–H groups in total. The van der Waals surface area contributed by atoms with Gasteiger partial charge in [0, 0.05) is 11.1 Å². The largest absolute Gasteiger partial charge is 0.490 e. The van der Waals surface area contributed by atoms with Crippen LogP contribution in [0, 0.1) is 0 Å². The predicted molar refractivity (Wildman–Crippen MR) is 118 cm³/mol. The quantitative estimate of drug-likeness (QED) is 0.627. The second-order valence-corrected chi connectivity index (χ2v) is 7.20. The van der Waals surface area contributed by atoms with Gasteiger partial charge in [-0.2, -0.15) is 0 Å². The fourth-order valence-corrected chi connectivity index (χ4v) is 3.65. The molecule has 31 heavy (non-hydrogen) atoms. The second kappa shape index (κ2) is 10.7. The Hall–Kier alpha value is -3.22. The van der Waals surface area contributed by atoms with E-state index in [1.165, 1.54) is 17.5 Å². The molecular weight excluding hydrogens is 396 g/mol. The lowest BCUT2D eigenvalue weighted by molar-refractivity contribution is 0.0846. The van der Waals surface area contributed by atoms with E-state index >= 15 is 0 Å². The molecule has 2 aromatic rings. The summed E-state index contributed by atoms with van der Waals surface area (Å²) in [6.07, 6.45) is 4.35. The van der Waals surface area contributed by atoms with E-state index in [0.717, 1.165) is 19.3 Å². The molecule has 0 saturated carbocycles. The van der Waals surface area contributed by atoms with E-state index < -0.39 is 5.91 Å². The molecule has 1 aliphatic carbocycles. The van der Waals surface area contributed by atoms with Gasteiger partial charge in [0.15, 0.2) is 11.5 Å². The van der Waals surface area contributed by atoms with Crippen LogP contribution in [0.2, 0.25) is 0 Å². The van der Waals surface area contributed by atoms with Crippen molar-refractivity contribution in [1.29, 1.82) is 0 Å². The lowest BCUT2D eigenvalue weighted by Crippen LogP contribution is -2.41. The summed E-state index contributed by atoms with van der Waals surface area (Å²) < 4.78 is 16.9. The highest BCUT2D eigenvalue weighted by atomic mass is 16.5. The van der Waals surface area contributed by atoms with E-state index in [-0.39, 0.29) is 5.91 Å². The Kier molecular flexibility index (Phi) is 7.76. The molecule has 0 bridgehead atoms. The Labute approximate surface area is 183 Å². The smallest absolute Gasteiger partial charge is 0.269 e. The summed E-state index contributed by atoms with van der Waals surface area (Å²) >= 11 is 0. The zero-order valence-corrected chi connectivity index (χ0v) is 18.4. The summed E-state index contributed by atoms with van der Waals surface area (Å²) in [6, 6.07) is 8.87. The van der Waals surface area contributed by atoms with Gasteiger partial charge in [-0.3, -0.25) is 20.4 Å². The number of carbonyl (C=O) groups excluding carboxylic acids is 2. The highest BCUT2D eigenvalue weighted by molar-refractivity contribution is 5.99. The number of aryl methyl sites for hydroxylation is 2. The summed E-state index contributed by atoms with van der Waals surface area (Å²) in [7, 11) is 0. The number of hydrogen-bond donors (Lipinski definition) is 2. The SMILES string of the molecule is CCOc1cc(C(=O)NNC(=O)c2ccc3c(c2)CCCC3)cc(OCC)c1OCC. The van der Waals surface area contributed by atoms with Gasteiger partial charge in [-0.15, -0.1) is 0 Å². The van der Waals surface area contributed by atoms with Crippen LogP contribution in [0.4, 0.5) is 0 Å². The van der Waals surface area contributed by atoms with E-state index in [0.29, 0.717) is 48.2 Å². The molecule has 0 spiro atoms. The number of fused-ring (bicyclic) bond motifs is 1. The van der Waals surface area contributed by atoms with Crippen LogP contribution in [-0.2, 0) is 12.8 Å². The van der Waals surface area contributed by atoms with Crippen molar-refractivity contribution >= 4 is 11.8 Å². The molecule has 0 aliphatic heterocycles. The Balaban J connectivity index is 1.74. The number of hydrazine groups is 1. The maximum atomic E-state index is 12.7. The second-order valence-electron chi connectivity index (χ2n) is 7.20. The first-order valence-electron chi connectivity index (χ1n) is 10.9. The minimum absolute atomic E-state index is 0.293. The number of benzene rings is 2. The number of carbonyl (C=O) groups is 2. The highest BCUT2D eigenvalue weighted by Gasteiger charge is 2.19. The van der Waals surface area contributed by atoms with Crippen LogP contribution < -0.4 is 25.1 Å². The molecule has 0 fully saturated rings. The molecule has 7 heteroatoms. The lowest BCUT2D eigenvalue weighted by atomic mass is 9.90. The van der Waals surface area contributed by atoms with Crippen molar-refractivity contribution < 1.29 is 23.8 Å². The van der Waals surface area contributed by atoms with E-state index in [1.54, 1.807) is 18.2 Å². The average molecular weight is 427 g/mol. The Morgan fingerprint density at radius 2 is 1.29 bits per heavy atom. The molecule has 0 radical (unpaired) electrons. The number of ether oxygens (including phenoxy) is 3. The van der Waals surface area contributed by atoms with Crippen LogP contribution in [0.5, 0.6) is 17.2 Å². The van der Waals surface area contributed by atoms with Crippen molar-refractivity contribution in [3.8, 4) is 17.2 Å². The molecular formula is C24H30N2O5. The molecule has 166 valence electrons. The fourth-order valence-electron chi connectivity index (χ4n) is 3.65. The number of nitrogens with one attached hydrogen (secondary N) is 2. The van der Waals surface area contributed by atoms with Gasteiger partial charge in [-0.05, 0) is 81.8 Å². The summed E-state index contributed by atoms with van der Waals surface area (Å²) in [4.78, 5) is 25.3. The van der Waals surface area contributed by atoms with Crippen LogP contribution in [0.25, 0.3) is 0 Å². The monoisotopic (exact) mass is 426 g/mol. The minimum atomic E-state index is -0.476. The van der Waals surface area contributed by atoms with Crippen molar-refractivity contribution in [2.24, 2.45) is 0 Å². The molecule has 0 saturated heterocycles. The standard InChI is InChI=1S/C24H30N2O5/c1-4-29-20-14-19(15-21(30-5-2)22(20)31-6-3)24(28)26-25-23(27)18-12-11-16-9-7-8-10-17(16)13-18/h11-15H,4-10H2,1-3H3,(H,25,27)(H,26,28). The minimum Gasteiger partial charge on any atom is -0.490 e. The summed E-state index contributed by atoms with van der Waals surface area (Å²) in [6.45, 7) is 6.81. The molecule has 3 rings (SSSR count). The van der Waals surface area contributed by atoms with Gasteiger partial charge in [-0.1, -0.05) is 6.07 Å². The van der Waals surface area contributed by atoms with Crippen LogP contribution in [0.3, 0.4) is 0 Å². The van der Waals surface area contributed by atoms with E-state index in [9.17, 15) is 9.59 Å². The Morgan fingerprint density at radius 1 is 0.742 bits per heavy atom. The van der Waals surface area contributed by atoms with Crippen molar-refractivity contribution in [1.82, 2.24) is 10.9 Å². The summed E-state index contributed by atoms with van der Waals surface area (Å²) in [5, 5.41) is 0. The summed E-state index contributed by atoms with van der Waals surface area (Å²) in [5.41, 5.74) is 8.30. The van der Waals surface area contributed by atoms with Gasteiger partial charge in [0.25, 0.3) is 11.8 Å². The topological polar surface area (TPSA) is 85.9 Å². The van der Waals surface area contributed by atoms with Crippen molar-refractivity contribution in [3.63, 3.8) is 0 Å². The lowest BCUT2D eigenvalue weighted by Gasteiger charge is -2.17. The third-order valence-corrected chi connectivity index (χ3v) is 5.07. The normalized spacial score (nSPS) is 12.5. The van der Waals surface area contributed by atoms with Gasteiger partial charge in [0.2, 0.25) is 5.75 Å². The zero-order valence-electron chi connectivity index (χ0n) is 18.4. The van der Waals surface area contributed by atoms with E-state index in [4.69, 9.17) is 14.2 Å². The van der Waals surface area contributed by atoms with Gasteiger partial charge in [0.1, 0.15) is 0 Å². The van der Waals surface area contributed by atoms with Gasteiger partial charge in [0.05, 0.1) is 19.8 Å². The molecule has 0 aromatic heterocycles. The van der Waals surface area contributed by atoms with Crippen LogP contribution in [0.15, 0.2) is 30.3 Å². The fraction of sp³-hybridized carbons (Fsp3) is 0.417. The van der Waals surface area contributed by atoms with Crippen LogP contribution >= 0.6 is 0 Å². The summed E-state index contributed by atoms with van der Waals surface area (Å²) in [5.74, 6) is 0.461. The van der Waals surface area contributed by atoms with Crippen LogP contribution in [0.1, 0.15) is 65.5 Å². The maximum Gasteiger partial charge on any atom is 0.269 e. The van der Waals surface area contributed by atoms with Gasteiger partial charge < -0.3 is 14.2 Å². The first kappa shape index (κ1) is 22.5. The molecule has 1 aliphatic rings. The van der Waals surface area contributed by atoms with Gasteiger partial charge in [-0.25, -0.2) is 0 Å². The molecule has 0 unspecified atom stereocenters. The number of amides is 2. The maximum absolute atomic E-state index is 12.7. The molecule has 0 heterocycles. The third-order valence-electron chi connectivity index (χ3n) is 5.07. The molecule has 7 nitrogen and oxygen atoms in total. The van der Waals surface area contributed by atoms with Crippen molar-refractivity contribution in [3.05, 3.63) is 52.6 Å². The molecule has 2 aromatic carbocycles. The van der Waals surface area contributed by atoms with E-state index in [2.05, 4.69) is 10.9 Å².